The fourth-order valence-electron chi connectivity index (χ4n) is 3.12. The quantitative estimate of drug-likeness (QED) is 0.0925. The van der Waals surface area contributed by atoms with Gasteiger partial charge in [0.05, 0.1) is 6.61 Å². The normalized spacial score (nSPS) is 13.3. The van der Waals surface area contributed by atoms with Crippen molar-refractivity contribution in [3.63, 3.8) is 0 Å². The molecule has 4 heteroatoms. The number of carbonyl (C=O) groups excluding carboxylic acids is 1. The molecule has 0 aromatic carbocycles. The summed E-state index contributed by atoms with van der Waals surface area (Å²) >= 11 is 0. The van der Waals surface area contributed by atoms with Crippen LogP contribution in [0.1, 0.15) is 96.8 Å². The zero-order chi connectivity index (χ0) is 22.8. The topological polar surface area (TPSA) is 66.8 Å². The van der Waals surface area contributed by atoms with Crippen LogP contribution in [0, 0.1) is 0 Å². The van der Waals surface area contributed by atoms with E-state index in [0.29, 0.717) is 0 Å². The molecular weight excluding hydrogens is 388 g/mol. The molecule has 0 radical (unpaired) electrons. The molecular formula is C27H46O4. The highest BCUT2D eigenvalue weighted by Crippen LogP contribution is 2.13. The first-order chi connectivity index (χ1) is 15.2. The van der Waals surface area contributed by atoms with E-state index in [1.54, 1.807) is 12.2 Å². The highest BCUT2D eigenvalue weighted by Gasteiger charge is 2.04. The van der Waals surface area contributed by atoms with Crippen molar-refractivity contribution in [2.75, 3.05) is 13.2 Å². The third kappa shape index (κ3) is 24.5. The maximum absolute atomic E-state index is 11.3. The van der Waals surface area contributed by atoms with Crippen LogP contribution in [0.2, 0.25) is 0 Å². The molecule has 0 aromatic heterocycles. The van der Waals surface area contributed by atoms with Gasteiger partial charge in [0.2, 0.25) is 0 Å². The van der Waals surface area contributed by atoms with Gasteiger partial charge in [0, 0.05) is 6.08 Å². The smallest absolute Gasteiger partial charge is 0.330 e. The monoisotopic (exact) mass is 434 g/mol. The molecule has 0 aliphatic carbocycles. The highest BCUT2D eigenvalue weighted by atomic mass is 16.5. The Bertz CT molecular complexity index is 505. The van der Waals surface area contributed by atoms with Crippen LogP contribution in [-0.2, 0) is 9.53 Å². The van der Waals surface area contributed by atoms with Gasteiger partial charge in [-0.25, -0.2) is 4.79 Å². The SMILES string of the molecule is CCCCCCCCCCCCCCCC=CC=CC=CC=CC(=O)OCC(O)CO. The molecule has 1 unspecified atom stereocenters. The lowest BCUT2D eigenvalue weighted by Gasteiger charge is -2.05. The van der Waals surface area contributed by atoms with Gasteiger partial charge in [-0.15, -0.1) is 0 Å². The van der Waals surface area contributed by atoms with Crippen molar-refractivity contribution in [2.45, 2.75) is 103 Å². The number of hydrogen-bond acceptors (Lipinski definition) is 4. The van der Waals surface area contributed by atoms with Crippen molar-refractivity contribution in [1.29, 1.82) is 0 Å². The van der Waals surface area contributed by atoms with Gasteiger partial charge in [-0.05, 0) is 12.8 Å². The lowest BCUT2D eigenvalue weighted by molar-refractivity contribution is -0.141. The molecule has 178 valence electrons. The van der Waals surface area contributed by atoms with Gasteiger partial charge in [0.15, 0.2) is 0 Å². The van der Waals surface area contributed by atoms with E-state index in [4.69, 9.17) is 14.9 Å². The van der Waals surface area contributed by atoms with Gasteiger partial charge in [0.25, 0.3) is 0 Å². The van der Waals surface area contributed by atoms with Crippen LogP contribution in [0.3, 0.4) is 0 Å². The first-order valence-electron chi connectivity index (χ1n) is 12.3. The maximum atomic E-state index is 11.3. The van der Waals surface area contributed by atoms with Crippen molar-refractivity contribution in [1.82, 2.24) is 0 Å². The first kappa shape index (κ1) is 29.4. The minimum absolute atomic E-state index is 0.201. The standard InChI is InChI=1S/C27H46O4/c1-2-3-4-5-6-7-8-9-10-11-12-13-14-15-16-17-18-19-20-21-22-23-27(30)31-25-26(29)24-28/h16-23,26,28-29H,2-15,24-25H2,1H3. The second kappa shape index (κ2) is 24.6. The third-order valence-corrected chi connectivity index (χ3v) is 5.03. The summed E-state index contributed by atoms with van der Waals surface area (Å²) in [6.45, 7) is 1.65. The van der Waals surface area contributed by atoms with E-state index >= 15 is 0 Å². The van der Waals surface area contributed by atoms with E-state index in [-0.39, 0.29) is 6.61 Å². The molecule has 0 aliphatic heterocycles. The number of esters is 1. The molecule has 4 nitrogen and oxygen atoms in total. The number of hydrogen-bond donors (Lipinski definition) is 2. The molecule has 0 aliphatic rings. The Kier molecular flexibility index (Phi) is 23.3. The van der Waals surface area contributed by atoms with Crippen LogP contribution in [0.5, 0.6) is 0 Å². The number of carbonyl (C=O) groups is 1. The van der Waals surface area contributed by atoms with Crippen molar-refractivity contribution in [3.8, 4) is 0 Å². The van der Waals surface area contributed by atoms with Crippen molar-refractivity contribution >= 4 is 5.97 Å². The summed E-state index contributed by atoms with van der Waals surface area (Å²) < 4.78 is 4.74. The van der Waals surface area contributed by atoms with Crippen LogP contribution in [-0.4, -0.2) is 35.5 Å². The minimum Gasteiger partial charge on any atom is -0.460 e. The van der Waals surface area contributed by atoms with E-state index in [0.717, 1.165) is 6.42 Å². The van der Waals surface area contributed by atoms with Crippen LogP contribution < -0.4 is 0 Å². The number of rotatable bonds is 21. The van der Waals surface area contributed by atoms with Crippen molar-refractivity contribution in [3.05, 3.63) is 48.6 Å². The summed E-state index contributed by atoms with van der Waals surface area (Å²) in [5.41, 5.74) is 0. The fourth-order valence-corrected chi connectivity index (χ4v) is 3.12. The second-order valence-corrected chi connectivity index (χ2v) is 8.05. The van der Waals surface area contributed by atoms with E-state index < -0.39 is 18.7 Å². The number of unbranched alkanes of at least 4 members (excludes halogenated alkanes) is 13. The highest BCUT2D eigenvalue weighted by molar-refractivity contribution is 5.82. The predicted molar refractivity (Wildman–Crippen MR) is 131 cm³/mol. The van der Waals surface area contributed by atoms with Crippen LogP contribution in [0.4, 0.5) is 0 Å². The summed E-state index contributed by atoms with van der Waals surface area (Å²) in [5, 5.41) is 17.7. The van der Waals surface area contributed by atoms with Crippen molar-refractivity contribution in [2.24, 2.45) is 0 Å². The van der Waals surface area contributed by atoms with E-state index in [2.05, 4.69) is 19.1 Å². The van der Waals surface area contributed by atoms with Gasteiger partial charge >= 0.3 is 5.97 Å². The van der Waals surface area contributed by atoms with Crippen LogP contribution in [0.25, 0.3) is 0 Å². The molecule has 31 heavy (non-hydrogen) atoms. The van der Waals surface area contributed by atoms with Crippen LogP contribution >= 0.6 is 0 Å². The molecule has 0 rings (SSSR count). The van der Waals surface area contributed by atoms with Gasteiger partial charge in [-0.1, -0.05) is 127 Å². The average molecular weight is 435 g/mol. The lowest BCUT2D eigenvalue weighted by Crippen LogP contribution is -2.21. The molecule has 0 spiro atoms. The number of allylic oxidation sites excluding steroid dienone is 7. The molecule has 0 aromatic rings. The Hall–Kier alpha value is -1.65. The predicted octanol–water partition coefficient (Wildman–Crippen LogP) is 6.59. The molecule has 0 fully saturated rings. The van der Waals surface area contributed by atoms with Gasteiger partial charge in [-0.3, -0.25) is 0 Å². The van der Waals surface area contributed by atoms with E-state index in [1.807, 2.05) is 18.2 Å². The number of aliphatic hydroxyl groups excluding tert-OH is 2. The molecule has 0 saturated heterocycles. The lowest BCUT2D eigenvalue weighted by atomic mass is 10.0. The molecule has 0 bridgehead atoms. The molecule has 0 saturated carbocycles. The van der Waals surface area contributed by atoms with Crippen molar-refractivity contribution < 1.29 is 19.7 Å². The zero-order valence-electron chi connectivity index (χ0n) is 19.7. The van der Waals surface area contributed by atoms with Crippen LogP contribution in [0.15, 0.2) is 48.6 Å². The molecule has 2 N–H and O–H groups in total. The molecule has 1 atom stereocenters. The van der Waals surface area contributed by atoms with Gasteiger partial charge < -0.3 is 14.9 Å². The second-order valence-electron chi connectivity index (χ2n) is 8.05. The summed E-state index contributed by atoms with van der Waals surface area (Å²) in [6, 6.07) is 0. The van der Waals surface area contributed by atoms with E-state index in [9.17, 15) is 4.79 Å². The summed E-state index contributed by atoms with van der Waals surface area (Å²) in [5.74, 6) is -0.543. The largest absolute Gasteiger partial charge is 0.460 e. The Labute approximate surface area is 190 Å². The average Bonchev–Trinajstić information content (AvgIpc) is 2.78. The van der Waals surface area contributed by atoms with E-state index in [1.165, 1.54) is 89.5 Å². The maximum Gasteiger partial charge on any atom is 0.330 e. The van der Waals surface area contributed by atoms with Gasteiger partial charge in [-0.2, -0.15) is 0 Å². The Morgan fingerprint density at radius 1 is 0.742 bits per heavy atom. The Morgan fingerprint density at radius 2 is 1.23 bits per heavy atom. The number of ether oxygens (including phenoxy) is 1. The summed E-state index contributed by atoms with van der Waals surface area (Å²) in [6.07, 6.45) is 32.7. The summed E-state index contributed by atoms with van der Waals surface area (Å²) in [4.78, 5) is 11.3. The Balaban J connectivity index is 3.44. The summed E-state index contributed by atoms with van der Waals surface area (Å²) in [7, 11) is 0. The molecule has 0 amide bonds. The number of aliphatic hydroxyl groups is 2. The fraction of sp³-hybridized carbons (Fsp3) is 0.667. The third-order valence-electron chi connectivity index (χ3n) is 5.03. The minimum atomic E-state index is -1.03. The first-order valence-corrected chi connectivity index (χ1v) is 12.3. The Morgan fingerprint density at radius 3 is 1.77 bits per heavy atom. The zero-order valence-corrected chi connectivity index (χ0v) is 19.7. The molecule has 0 heterocycles. The van der Waals surface area contributed by atoms with Gasteiger partial charge in [0.1, 0.15) is 12.7 Å².